The number of amides is 1. The third-order valence-electron chi connectivity index (χ3n) is 15.2. The Hall–Kier alpha value is -2.40. The first-order valence-electron chi connectivity index (χ1n) is 18.9. The van der Waals surface area contributed by atoms with Gasteiger partial charge in [0, 0.05) is 18.6 Å². The van der Waals surface area contributed by atoms with Gasteiger partial charge in [0.1, 0.15) is 0 Å². The summed E-state index contributed by atoms with van der Waals surface area (Å²) in [6.07, 6.45) is 18.1. The first-order valence-corrected chi connectivity index (χ1v) is 18.9. The highest BCUT2D eigenvalue weighted by molar-refractivity contribution is 5.88. The molecule has 47 heavy (non-hydrogen) atoms. The van der Waals surface area contributed by atoms with Gasteiger partial charge in [-0.2, -0.15) is 0 Å². The second-order valence-corrected chi connectivity index (χ2v) is 18.0. The summed E-state index contributed by atoms with van der Waals surface area (Å²) in [6, 6.07) is 7.57. The zero-order chi connectivity index (χ0) is 33.8. The Morgan fingerprint density at radius 3 is 2.26 bits per heavy atom. The molecule has 0 aromatic heterocycles. The number of hydrogen-bond donors (Lipinski definition) is 2. The molecule has 1 saturated heterocycles. The van der Waals surface area contributed by atoms with Crippen molar-refractivity contribution in [3.8, 4) is 0 Å². The van der Waals surface area contributed by atoms with Crippen LogP contribution >= 0.6 is 0 Å². The molecule has 5 heteroatoms. The third-order valence-corrected chi connectivity index (χ3v) is 15.2. The molecule has 1 aromatic carbocycles. The van der Waals surface area contributed by atoms with Gasteiger partial charge >= 0.3 is 5.97 Å². The molecule has 258 valence electrons. The van der Waals surface area contributed by atoms with Crippen molar-refractivity contribution < 1.29 is 14.7 Å². The number of allylic oxidation sites excluding steroid dienone is 3. The van der Waals surface area contributed by atoms with Gasteiger partial charge in [0.25, 0.3) is 0 Å². The number of carbonyl (C=O) groups is 2. The van der Waals surface area contributed by atoms with E-state index in [-0.39, 0.29) is 33.1 Å². The number of fused-ring (bicyclic) bond motifs is 3. The maximum Gasteiger partial charge on any atom is 0.335 e. The van der Waals surface area contributed by atoms with Crippen LogP contribution in [-0.4, -0.2) is 47.1 Å². The van der Waals surface area contributed by atoms with E-state index in [1.807, 2.05) is 12.1 Å². The van der Waals surface area contributed by atoms with Crippen LogP contribution in [0.15, 0.2) is 42.5 Å². The summed E-state index contributed by atoms with van der Waals surface area (Å²) in [6.45, 7) is 21.7. The molecule has 7 unspecified atom stereocenters. The normalized spacial score (nSPS) is 38.0. The lowest BCUT2D eigenvalue weighted by atomic mass is 9.36. The Kier molecular flexibility index (Phi) is 9.16. The molecule has 4 fully saturated rings. The number of rotatable bonds is 9. The van der Waals surface area contributed by atoms with Crippen LogP contribution < -0.4 is 5.32 Å². The van der Waals surface area contributed by atoms with Crippen molar-refractivity contribution in [2.45, 2.75) is 131 Å². The fourth-order valence-corrected chi connectivity index (χ4v) is 12.1. The van der Waals surface area contributed by atoms with Crippen LogP contribution in [0.1, 0.15) is 141 Å². The van der Waals surface area contributed by atoms with E-state index in [1.54, 1.807) is 12.1 Å². The van der Waals surface area contributed by atoms with Crippen molar-refractivity contribution in [3.63, 3.8) is 0 Å². The second-order valence-electron chi connectivity index (χ2n) is 18.0. The van der Waals surface area contributed by atoms with Crippen molar-refractivity contribution >= 4 is 17.4 Å². The van der Waals surface area contributed by atoms with Crippen molar-refractivity contribution in [2.75, 3.05) is 19.6 Å². The summed E-state index contributed by atoms with van der Waals surface area (Å²) >= 11 is 0. The van der Waals surface area contributed by atoms with E-state index in [2.05, 4.69) is 64.4 Å². The quantitative estimate of drug-likeness (QED) is 0.263. The number of nitrogens with zero attached hydrogens (tertiary/aromatic N) is 1. The molecule has 3 saturated carbocycles. The number of benzene rings is 1. The zero-order valence-corrected chi connectivity index (χ0v) is 30.4. The SMILES string of the molecule is C=C(C)C1CCC(CCC2(C)CCCC3C4(C)CC=C(c5ccc(C(=O)O)cc5)C(C)(C)C4CCC32C)(NCC(=O)N2CCCC2)C1. The summed E-state index contributed by atoms with van der Waals surface area (Å²) in [4.78, 5) is 26.7. The smallest absolute Gasteiger partial charge is 0.335 e. The zero-order valence-electron chi connectivity index (χ0n) is 30.4. The molecule has 5 aliphatic rings. The molecular formula is C42H62N2O3. The van der Waals surface area contributed by atoms with E-state index in [9.17, 15) is 14.7 Å². The summed E-state index contributed by atoms with van der Waals surface area (Å²) < 4.78 is 0. The topological polar surface area (TPSA) is 69.6 Å². The van der Waals surface area contributed by atoms with Gasteiger partial charge in [0.05, 0.1) is 12.1 Å². The second kappa shape index (κ2) is 12.5. The molecule has 0 bridgehead atoms. The standard InChI is InChI=1S/C42H62N2O3/c1-29(2)32-16-22-42(27-32,43-28-36(45)44-25-8-9-26-44)24-23-39(5)19-10-11-35-40(6)20-17-33(30-12-14-31(15-13-30)37(46)47)38(3,4)34(40)18-21-41(35,39)7/h12-15,17,32,34-35,43H,1,8-11,16,18-28H2,2-7H3,(H,46,47). The number of aromatic carboxylic acids is 1. The van der Waals surface area contributed by atoms with Crippen LogP contribution in [0.4, 0.5) is 0 Å². The van der Waals surface area contributed by atoms with Crippen molar-refractivity contribution in [1.29, 1.82) is 0 Å². The van der Waals surface area contributed by atoms with Crippen LogP contribution in [0.2, 0.25) is 0 Å². The average molecular weight is 643 g/mol. The number of carboxylic acids is 1. The van der Waals surface area contributed by atoms with E-state index in [0.29, 0.717) is 29.9 Å². The Morgan fingerprint density at radius 2 is 1.62 bits per heavy atom. The molecule has 0 spiro atoms. The van der Waals surface area contributed by atoms with Crippen molar-refractivity contribution in [1.82, 2.24) is 10.2 Å². The first kappa shape index (κ1) is 34.5. The van der Waals surface area contributed by atoms with Crippen molar-refractivity contribution in [2.24, 2.45) is 39.4 Å². The molecule has 1 aromatic rings. The van der Waals surface area contributed by atoms with Gasteiger partial charge in [-0.25, -0.2) is 4.79 Å². The molecule has 0 radical (unpaired) electrons. The number of carbonyl (C=O) groups excluding carboxylic acids is 1. The molecule has 4 aliphatic carbocycles. The number of likely N-dealkylation sites (tertiary alicyclic amines) is 1. The molecule has 2 N–H and O–H groups in total. The molecular weight excluding hydrogens is 580 g/mol. The van der Waals surface area contributed by atoms with Gasteiger partial charge in [0.15, 0.2) is 0 Å². The first-order chi connectivity index (χ1) is 22.1. The predicted octanol–water partition coefficient (Wildman–Crippen LogP) is 9.53. The van der Waals surface area contributed by atoms with E-state index in [0.717, 1.165) is 51.6 Å². The van der Waals surface area contributed by atoms with E-state index < -0.39 is 5.97 Å². The maximum atomic E-state index is 13.2. The van der Waals surface area contributed by atoms with Crippen LogP contribution in [0.25, 0.3) is 5.57 Å². The Balaban J connectivity index is 1.23. The molecule has 5 nitrogen and oxygen atoms in total. The summed E-state index contributed by atoms with van der Waals surface area (Å²) in [5, 5.41) is 13.4. The lowest BCUT2D eigenvalue weighted by Gasteiger charge is -2.68. The minimum atomic E-state index is -0.867. The monoisotopic (exact) mass is 642 g/mol. The van der Waals surface area contributed by atoms with Gasteiger partial charge in [-0.1, -0.05) is 71.4 Å². The van der Waals surface area contributed by atoms with Gasteiger partial charge in [0.2, 0.25) is 5.91 Å². The van der Waals surface area contributed by atoms with Gasteiger partial charge in [-0.05, 0) is 147 Å². The lowest BCUT2D eigenvalue weighted by Crippen LogP contribution is -2.60. The van der Waals surface area contributed by atoms with E-state index >= 15 is 0 Å². The lowest BCUT2D eigenvalue weighted by molar-refractivity contribution is -0.172. The Labute approximate surface area is 285 Å². The molecule has 6 rings (SSSR count). The third kappa shape index (κ3) is 5.95. The highest BCUT2D eigenvalue weighted by Crippen LogP contribution is 2.72. The van der Waals surface area contributed by atoms with E-state index in [4.69, 9.17) is 0 Å². The van der Waals surface area contributed by atoms with Gasteiger partial charge in [-0.3, -0.25) is 4.79 Å². The van der Waals surface area contributed by atoms with Crippen LogP contribution in [-0.2, 0) is 4.79 Å². The molecule has 1 heterocycles. The summed E-state index contributed by atoms with van der Waals surface area (Å²) in [5.41, 5.74) is 5.03. The predicted molar refractivity (Wildman–Crippen MR) is 192 cm³/mol. The van der Waals surface area contributed by atoms with E-state index in [1.165, 1.54) is 61.7 Å². The number of hydrogen-bond acceptors (Lipinski definition) is 3. The van der Waals surface area contributed by atoms with Crippen LogP contribution in [0, 0.1) is 39.4 Å². The fraction of sp³-hybridized carbons (Fsp3) is 0.714. The Bertz CT molecular complexity index is 1410. The summed E-state index contributed by atoms with van der Waals surface area (Å²) in [5.74, 6) is 1.23. The highest BCUT2D eigenvalue weighted by Gasteiger charge is 2.64. The molecule has 7 atom stereocenters. The molecule has 1 amide bonds. The van der Waals surface area contributed by atoms with Crippen molar-refractivity contribution in [3.05, 3.63) is 53.6 Å². The number of nitrogens with one attached hydrogen (secondary N) is 1. The minimum Gasteiger partial charge on any atom is -0.478 e. The highest BCUT2D eigenvalue weighted by atomic mass is 16.4. The minimum absolute atomic E-state index is 0.0180. The van der Waals surface area contributed by atoms with Gasteiger partial charge in [-0.15, -0.1) is 0 Å². The maximum absolute atomic E-state index is 13.2. The average Bonchev–Trinajstić information content (AvgIpc) is 3.72. The molecule has 1 aliphatic heterocycles. The fourth-order valence-electron chi connectivity index (χ4n) is 12.1. The van der Waals surface area contributed by atoms with Crippen LogP contribution in [0.3, 0.4) is 0 Å². The Morgan fingerprint density at radius 1 is 0.915 bits per heavy atom. The summed E-state index contributed by atoms with van der Waals surface area (Å²) in [7, 11) is 0. The van der Waals surface area contributed by atoms with Crippen LogP contribution in [0.5, 0.6) is 0 Å². The largest absolute Gasteiger partial charge is 0.478 e. The number of carboxylic acid groups (broad SMARTS) is 1. The van der Waals surface area contributed by atoms with Gasteiger partial charge < -0.3 is 15.3 Å².